The lowest BCUT2D eigenvalue weighted by Gasteiger charge is -2.21. The molecule has 1 amide bonds. The molecule has 148 valence electrons. The normalized spacial score (nSPS) is 13.2. The number of hydrogen-bond acceptors (Lipinski definition) is 8. The van der Waals surface area contributed by atoms with Crippen molar-refractivity contribution in [2.75, 3.05) is 5.75 Å². The maximum atomic E-state index is 11.9. The average molecular weight is 415 g/mol. The van der Waals surface area contributed by atoms with Crippen LogP contribution in [0.2, 0.25) is 0 Å². The number of amides is 1. The highest BCUT2D eigenvalue weighted by atomic mass is 32.2. The van der Waals surface area contributed by atoms with Crippen LogP contribution in [0.3, 0.4) is 0 Å². The summed E-state index contributed by atoms with van der Waals surface area (Å²) in [6.45, 7) is 4.38. The van der Waals surface area contributed by atoms with E-state index >= 15 is 0 Å². The molecule has 0 heterocycles. The molecule has 0 unspecified atom stereocenters. The van der Waals surface area contributed by atoms with Gasteiger partial charge < -0.3 is 19.9 Å². The first-order valence-corrected chi connectivity index (χ1v) is 9.29. The van der Waals surface area contributed by atoms with E-state index in [-0.39, 0.29) is 5.75 Å². The molecular formula is C17H21NO7S2. The standard InChI is InChI=1S/C17H21NO7S2/c1-10(24-14(21)11-7-5-4-6-8-11)25-16(23)27-9-12(13(19)20)18-15(22)17(2,3)26/h4-8,10,12,26H,9H2,1-3H3,(H,18,22)(H,19,20)/t10-,12-/m0/s1. The summed E-state index contributed by atoms with van der Waals surface area (Å²) in [5.74, 6) is -2.81. The van der Waals surface area contributed by atoms with Gasteiger partial charge in [-0.15, -0.1) is 0 Å². The Kier molecular flexibility index (Phi) is 8.64. The summed E-state index contributed by atoms with van der Waals surface area (Å²) < 4.78 is 8.81. The number of nitrogens with one attached hydrogen (secondary N) is 1. The van der Waals surface area contributed by atoms with Gasteiger partial charge in [0.1, 0.15) is 6.04 Å². The van der Waals surface area contributed by atoms with Gasteiger partial charge >= 0.3 is 17.2 Å². The molecule has 10 heteroatoms. The number of aliphatic carboxylic acids is 1. The van der Waals surface area contributed by atoms with E-state index in [2.05, 4.69) is 17.9 Å². The summed E-state index contributed by atoms with van der Waals surface area (Å²) in [6.07, 6.45) is -1.16. The number of thioether (sulfide) groups is 1. The van der Waals surface area contributed by atoms with Crippen LogP contribution in [0, 0.1) is 0 Å². The van der Waals surface area contributed by atoms with Crippen LogP contribution in [0.25, 0.3) is 0 Å². The second-order valence-corrected chi connectivity index (χ2v) is 8.01. The van der Waals surface area contributed by atoms with Gasteiger partial charge in [0.05, 0.1) is 10.3 Å². The lowest BCUT2D eigenvalue weighted by molar-refractivity contribution is -0.141. The molecular weight excluding hydrogens is 394 g/mol. The molecule has 2 atom stereocenters. The first-order chi connectivity index (χ1) is 12.5. The van der Waals surface area contributed by atoms with Crippen LogP contribution in [0.1, 0.15) is 31.1 Å². The van der Waals surface area contributed by atoms with Crippen LogP contribution < -0.4 is 5.32 Å². The number of carbonyl (C=O) groups excluding carboxylic acids is 3. The van der Waals surface area contributed by atoms with Gasteiger partial charge in [0.2, 0.25) is 12.2 Å². The third-order valence-corrected chi connectivity index (χ3v) is 4.11. The van der Waals surface area contributed by atoms with E-state index in [1.165, 1.54) is 20.8 Å². The van der Waals surface area contributed by atoms with Crippen molar-refractivity contribution >= 4 is 47.5 Å². The maximum Gasteiger partial charge on any atom is 0.370 e. The molecule has 0 aliphatic rings. The van der Waals surface area contributed by atoms with Crippen molar-refractivity contribution in [3.05, 3.63) is 35.9 Å². The molecule has 27 heavy (non-hydrogen) atoms. The summed E-state index contributed by atoms with van der Waals surface area (Å²) >= 11 is 4.60. The van der Waals surface area contributed by atoms with Gasteiger partial charge in [-0.05, 0) is 37.7 Å². The van der Waals surface area contributed by atoms with Gasteiger partial charge in [-0.3, -0.25) is 4.79 Å². The Labute approximate surface area is 166 Å². The number of carbonyl (C=O) groups is 4. The van der Waals surface area contributed by atoms with Crippen molar-refractivity contribution in [1.29, 1.82) is 0 Å². The van der Waals surface area contributed by atoms with E-state index < -0.39 is 40.2 Å². The van der Waals surface area contributed by atoms with Gasteiger partial charge in [0, 0.05) is 12.7 Å². The van der Waals surface area contributed by atoms with Crippen LogP contribution in [-0.4, -0.2) is 51.1 Å². The number of rotatable bonds is 8. The number of carboxylic acid groups (broad SMARTS) is 1. The second-order valence-electron chi connectivity index (χ2n) is 5.94. The fourth-order valence-corrected chi connectivity index (χ4v) is 2.44. The van der Waals surface area contributed by atoms with E-state index in [1.54, 1.807) is 30.3 Å². The minimum atomic E-state index is -1.30. The highest BCUT2D eigenvalue weighted by Gasteiger charge is 2.29. The Morgan fingerprint density at radius 3 is 2.30 bits per heavy atom. The van der Waals surface area contributed by atoms with Crippen molar-refractivity contribution in [2.45, 2.75) is 37.9 Å². The molecule has 0 saturated carbocycles. The Morgan fingerprint density at radius 2 is 1.78 bits per heavy atom. The molecule has 0 aromatic heterocycles. The molecule has 0 saturated heterocycles. The van der Waals surface area contributed by atoms with Crippen LogP contribution >= 0.6 is 24.4 Å². The fourth-order valence-electron chi connectivity index (χ4n) is 1.65. The van der Waals surface area contributed by atoms with Crippen molar-refractivity contribution in [2.24, 2.45) is 0 Å². The molecule has 0 bridgehead atoms. The lowest BCUT2D eigenvalue weighted by Crippen LogP contribution is -2.48. The SMILES string of the molecule is C[C@H](OC(=O)SC[C@H](NC(=O)C(C)(C)S)C(=O)O)OC(=O)c1ccccc1. The first-order valence-electron chi connectivity index (χ1n) is 7.86. The Hall–Kier alpha value is -2.20. The predicted octanol–water partition coefficient (Wildman–Crippen LogP) is 2.34. The number of esters is 1. The molecule has 0 radical (unpaired) electrons. The molecule has 1 rings (SSSR count). The Bertz CT molecular complexity index is 688. The molecule has 0 spiro atoms. The summed E-state index contributed by atoms with van der Waals surface area (Å²) in [5, 5.41) is 10.6. The predicted molar refractivity (Wildman–Crippen MR) is 103 cm³/mol. The van der Waals surface area contributed by atoms with Gasteiger partial charge in [0.15, 0.2) is 0 Å². The zero-order valence-electron chi connectivity index (χ0n) is 15.0. The minimum Gasteiger partial charge on any atom is -0.480 e. The lowest BCUT2D eigenvalue weighted by atomic mass is 10.2. The van der Waals surface area contributed by atoms with E-state index in [1.807, 2.05) is 0 Å². The van der Waals surface area contributed by atoms with Crippen LogP contribution in [0.15, 0.2) is 30.3 Å². The average Bonchev–Trinajstić information content (AvgIpc) is 2.57. The molecule has 1 aromatic carbocycles. The second kappa shape index (κ2) is 10.2. The Balaban J connectivity index is 2.49. The molecule has 8 nitrogen and oxygen atoms in total. The number of carboxylic acids is 1. The number of hydrogen-bond donors (Lipinski definition) is 3. The summed E-state index contributed by atoms with van der Waals surface area (Å²) in [5.41, 5.74) is 0.302. The maximum absolute atomic E-state index is 11.9. The zero-order valence-corrected chi connectivity index (χ0v) is 16.7. The van der Waals surface area contributed by atoms with Crippen molar-refractivity contribution < 1.29 is 33.8 Å². The molecule has 1 aromatic rings. The van der Waals surface area contributed by atoms with Crippen LogP contribution in [0.4, 0.5) is 4.79 Å². The van der Waals surface area contributed by atoms with E-state index in [0.717, 1.165) is 0 Å². The summed E-state index contributed by atoms with van der Waals surface area (Å²) in [6, 6.07) is 6.86. The molecule has 0 aliphatic heterocycles. The Morgan fingerprint density at radius 1 is 1.19 bits per heavy atom. The van der Waals surface area contributed by atoms with E-state index in [4.69, 9.17) is 14.6 Å². The fraction of sp³-hybridized carbons (Fsp3) is 0.412. The quantitative estimate of drug-likeness (QED) is 0.336. The van der Waals surface area contributed by atoms with Crippen molar-refractivity contribution in [1.82, 2.24) is 5.32 Å². The van der Waals surface area contributed by atoms with Gasteiger partial charge in [-0.1, -0.05) is 18.2 Å². The van der Waals surface area contributed by atoms with E-state index in [0.29, 0.717) is 17.3 Å². The van der Waals surface area contributed by atoms with Crippen LogP contribution in [0.5, 0.6) is 0 Å². The largest absolute Gasteiger partial charge is 0.480 e. The zero-order chi connectivity index (χ0) is 20.6. The first kappa shape index (κ1) is 22.8. The molecule has 0 aliphatic carbocycles. The topological polar surface area (TPSA) is 119 Å². The minimum absolute atomic E-state index is 0.261. The van der Waals surface area contributed by atoms with Gasteiger partial charge in [0.25, 0.3) is 0 Å². The molecule has 0 fully saturated rings. The number of ether oxygens (including phenoxy) is 2. The van der Waals surface area contributed by atoms with E-state index in [9.17, 15) is 19.2 Å². The van der Waals surface area contributed by atoms with Gasteiger partial charge in [-0.2, -0.15) is 12.6 Å². The number of benzene rings is 1. The number of thiol groups is 1. The third-order valence-electron chi connectivity index (χ3n) is 3.07. The summed E-state index contributed by atoms with van der Waals surface area (Å²) in [7, 11) is 0. The third kappa shape index (κ3) is 8.35. The van der Waals surface area contributed by atoms with Crippen molar-refractivity contribution in [3.8, 4) is 0 Å². The smallest absolute Gasteiger partial charge is 0.370 e. The summed E-state index contributed by atoms with van der Waals surface area (Å²) in [4.78, 5) is 46.7. The monoisotopic (exact) mass is 415 g/mol. The van der Waals surface area contributed by atoms with Crippen molar-refractivity contribution in [3.63, 3.8) is 0 Å². The highest BCUT2D eigenvalue weighted by Crippen LogP contribution is 2.15. The highest BCUT2D eigenvalue weighted by molar-refractivity contribution is 8.13. The van der Waals surface area contributed by atoms with Crippen LogP contribution in [-0.2, 0) is 19.1 Å². The molecule has 2 N–H and O–H groups in total. The van der Waals surface area contributed by atoms with Gasteiger partial charge in [-0.25, -0.2) is 14.4 Å².